The van der Waals surface area contributed by atoms with Crippen molar-refractivity contribution in [2.45, 2.75) is 62.7 Å². The molecule has 9 heteroatoms. The fourth-order valence-corrected chi connectivity index (χ4v) is 6.00. The summed E-state index contributed by atoms with van der Waals surface area (Å²) in [5.74, 6) is -0.642. The van der Waals surface area contributed by atoms with Gasteiger partial charge in [0.05, 0.1) is 11.7 Å². The average molecular weight is 474 g/mol. The number of nitrogens with zero attached hydrogens (tertiary/aromatic N) is 4. The maximum Gasteiger partial charge on any atom is 0.357 e. The van der Waals surface area contributed by atoms with Crippen LogP contribution in [-0.2, 0) is 16.1 Å². The topological polar surface area (TPSA) is 117 Å². The number of hydrogen-bond donors (Lipinski definition) is 2. The molecule has 2 N–H and O–H groups in total. The predicted octanol–water partition coefficient (Wildman–Crippen LogP) is 2.57. The normalized spacial score (nSPS) is 27.1. The quantitative estimate of drug-likeness (QED) is 0.568. The van der Waals surface area contributed by atoms with E-state index in [1.807, 2.05) is 18.2 Å². The standard InChI is InChI=1S/C26H27N5O4/c32-23(14-30-22-13-27-9-8-19(22)24(29-30)26(34)35)31-20-11-17(20)12-21(31)25(33)28-18-7-6-16(10-18)15-4-2-1-3-5-15/h1-5,8-9,13,16-18,20-21H,6-7,10-12,14H2,(H,28,33)(H,34,35)/t16?,17-,18+,20-,21+/m1/s1. The Morgan fingerprint density at radius 3 is 2.69 bits per heavy atom. The molecule has 180 valence electrons. The number of carboxylic acids is 1. The Morgan fingerprint density at radius 2 is 1.89 bits per heavy atom. The van der Waals surface area contributed by atoms with E-state index < -0.39 is 12.0 Å². The molecule has 3 fully saturated rings. The van der Waals surface area contributed by atoms with E-state index in [0.717, 1.165) is 25.7 Å². The summed E-state index contributed by atoms with van der Waals surface area (Å²) in [6.45, 7) is -0.123. The minimum atomic E-state index is -1.15. The highest BCUT2D eigenvalue weighted by Gasteiger charge is 2.56. The van der Waals surface area contributed by atoms with Crippen LogP contribution in [0.2, 0.25) is 0 Å². The summed E-state index contributed by atoms with van der Waals surface area (Å²) >= 11 is 0. The number of piperidine rings is 1. The van der Waals surface area contributed by atoms with Crippen molar-refractivity contribution < 1.29 is 19.5 Å². The average Bonchev–Trinajstić information content (AvgIpc) is 3.20. The number of nitrogens with one attached hydrogen (secondary N) is 1. The molecule has 2 saturated carbocycles. The van der Waals surface area contributed by atoms with Gasteiger partial charge in [-0.25, -0.2) is 4.79 Å². The van der Waals surface area contributed by atoms with Gasteiger partial charge in [0.1, 0.15) is 12.6 Å². The van der Waals surface area contributed by atoms with E-state index in [1.165, 1.54) is 22.6 Å². The monoisotopic (exact) mass is 473 g/mol. The summed E-state index contributed by atoms with van der Waals surface area (Å²) in [4.78, 5) is 44.0. The van der Waals surface area contributed by atoms with Crippen molar-refractivity contribution in [3.8, 4) is 0 Å². The van der Waals surface area contributed by atoms with Crippen molar-refractivity contribution in [1.29, 1.82) is 0 Å². The van der Waals surface area contributed by atoms with E-state index in [1.54, 1.807) is 11.0 Å². The van der Waals surface area contributed by atoms with Gasteiger partial charge in [0.25, 0.3) is 0 Å². The van der Waals surface area contributed by atoms with Gasteiger partial charge in [-0.05, 0) is 55.6 Å². The summed E-state index contributed by atoms with van der Waals surface area (Å²) in [6, 6.07) is 11.7. The van der Waals surface area contributed by atoms with Gasteiger partial charge in [-0.3, -0.25) is 19.3 Å². The molecule has 2 amide bonds. The van der Waals surface area contributed by atoms with Crippen molar-refractivity contribution in [3.05, 3.63) is 60.0 Å². The van der Waals surface area contributed by atoms with Crippen LogP contribution in [0.25, 0.3) is 10.9 Å². The number of aromatic carboxylic acids is 1. The first kappa shape index (κ1) is 21.8. The van der Waals surface area contributed by atoms with Crippen LogP contribution in [-0.4, -0.2) is 60.7 Å². The summed E-state index contributed by atoms with van der Waals surface area (Å²) in [7, 11) is 0. The van der Waals surface area contributed by atoms with Crippen molar-refractivity contribution in [3.63, 3.8) is 0 Å². The third kappa shape index (κ3) is 3.94. The van der Waals surface area contributed by atoms with Crippen molar-refractivity contribution in [2.24, 2.45) is 5.92 Å². The molecular formula is C26H27N5O4. The Balaban J connectivity index is 1.15. The molecule has 1 saturated heterocycles. The molecule has 0 bridgehead atoms. The summed E-state index contributed by atoms with van der Waals surface area (Å²) in [5.41, 5.74) is 1.69. The highest BCUT2D eigenvalue weighted by molar-refractivity contribution is 6.01. The van der Waals surface area contributed by atoms with Crippen LogP contribution in [0.4, 0.5) is 0 Å². The minimum Gasteiger partial charge on any atom is -0.476 e. The van der Waals surface area contributed by atoms with Gasteiger partial charge < -0.3 is 15.3 Å². The van der Waals surface area contributed by atoms with Crippen LogP contribution < -0.4 is 5.32 Å². The third-order valence-electron chi connectivity index (χ3n) is 7.79. The lowest BCUT2D eigenvalue weighted by molar-refractivity contribution is -0.140. The number of hydrogen-bond acceptors (Lipinski definition) is 5. The van der Waals surface area contributed by atoms with Gasteiger partial charge in [-0.2, -0.15) is 5.10 Å². The minimum absolute atomic E-state index is 0.0810. The number of rotatable bonds is 6. The molecule has 5 atom stereocenters. The number of benzene rings is 1. The number of carbonyl (C=O) groups excluding carboxylic acids is 2. The van der Waals surface area contributed by atoms with E-state index in [-0.39, 0.29) is 36.1 Å². The van der Waals surface area contributed by atoms with Crippen LogP contribution in [0.15, 0.2) is 48.8 Å². The fourth-order valence-electron chi connectivity index (χ4n) is 6.00. The molecule has 3 aromatic rings. The first-order chi connectivity index (χ1) is 17.0. The molecule has 1 unspecified atom stereocenters. The van der Waals surface area contributed by atoms with E-state index in [4.69, 9.17) is 0 Å². The predicted molar refractivity (Wildman–Crippen MR) is 127 cm³/mol. The summed E-state index contributed by atoms with van der Waals surface area (Å²) in [6.07, 6.45) is 7.50. The number of likely N-dealkylation sites (tertiary alicyclic amines) is 1. The fraction of sp³-hybridized carbons (Fsp3) is 0.423. The van der Waals surface area contributed by atoms with E-state index in [2.05, 4.69) is 27.5 Å². The molecule has 3 aliphatic rings. The number of carbonyl (C=O) groups is 3. The molecule has 6 rings (SSSR count). The van der Waals surface area contributed by atoms with E-state index in [9.17, 15) is 19.5 Å². The molecule has 0 spiro atoms. The SMILES string of the molecule is O=C(O)c1nn(CC(=O)N2[C@@H]3C[C@@H]3C[C@H]2C(=O)N[C@H]2CCC(c3ccccc3)C2)c2cnccc12. The maximum absolute atomic E-state index is 13.4. The summed E-state index contributed by atoms with van der Waals surface area (Å²) in [5, 5.41) is 17.3. The zero-order chi connectivity index (χ0) is 24.1. The zero-order valence-electron chi connectivity index (χ0n) is 19.2. The van der Waals surface area contributed by atoms with Gasteiger partial charge in [0, 0.05) is 23.7 Å². The van der Waals surface area contributed by atoms with Gasteiger partial charge in [-0.15, -0.1) is 0 Å². The second kappa shape index (κ2) is 8.48. The van der Waals surface area contributed by atoms with E-state index >= 15 is 0 Å². The van der Waals surface area contributed by atoms with E-state index in [0.29, 0.717) is 29.2 Å². The number of fused-ring (bicyclic) bond motifs is 2. The molecule has 1 aromatic carbocycles. The number of amides is 2. The molecular weight excluding hydrogens is 446 g/mol. The first-order valence-corrected chi connectivity index (χ1v) is 12.2. The largest absolute Gasteiger partial charge is 0.476 e. The Bertz CT molecular complexity index is 1310. The van der Waals surface area contributed by atoms with Crippen LogP contribution >= 0.6 is 0 Å². The van der Waals surface area contributed by atoms with Crippen molar-refractivity contribution in [2.75, 3.05) is 0 Å². The second-order valence-corrected chi connectivity index (χ2v) is 9.95. The zero-order valence-corrected chi connectivity index (χ0v) is 19.2. The Morgan fingerprint density at radius 1 is 1.06 bits per heavy atom. The lowest BCUT2D eigenvalue weighted by Crippen LogP contribution is -2.50. The van der Waals surface area contributed by atoms with Crippen molar-refractivity contribution in [1.82, 2.24) is 25.0 Å². The Hall–Kier alpha value is -3.75. The number of pyridine rings is 1. The Labute approximate surface area is 202 Å². The summed E-state index contributed by atoms with van der Waals surface area (Å²) < 4.78 is 1.39. The van der Waals surface area contributed by atoms with Gasteiger partial charge >= 0.3 is 5.97 Å². The molecule has 2 aromatic heterocycles. The van der Waals surface area contributed by atoms with Gasteiger partial charge in [0.15, 0.2) is 5.69 Å². The molecule has 2 aliphatic carbocycles. The van der Waals surface area contributed by atoms with Gasteiger partial charge in [0.2, 0.25) is 11.8 Å². The highest BCUT2D eigenvalue weighted by Crippen LogP contribution is 2.48. The maximum atomic E-state index is 13.4. The van der Waals surface area contributed by atoms with Crippen molar-refractivity contribution >= 4 is 28.7 Å². The molecule has 3 heterocycles. The van der Waals surface area contributed by atoms with Crippen LogP contribution in [0.5, 0.6) is 0 Å². The van der Waals surface area contributed by atoms with Crippen LogP contribution in [0.3, 0.4) is 0 Å². The smallest absolute Gasteiger partial charge is 0.357 e. The molecule has 0 radical (unpaired) electrons. The molecule has 35 heavy (non-hydrogen) atoms. The van der Waals surface area contributed by atoms with Crippen LogP contribution in [0, 0.1) is 5.92 Å². The number of carboxylic acid groups (broad SMARTS) is 1. The molecule has 9 nitrogen and oxygen atoms in total. The highest BCUT2D eigenvalue weighted by atomic mass is 16.4. The lowest BCUT2D eigenvalue weighted by Gasteiger charge is -2.28. The lowest BCUT2D eigenvalue weighted by atomic mass is 9.97. The van der Waals surface area contributed by atoms with Gasteiger partial charge in [-0.1, -0.05) is 30.3 Å². The number of aromatic nitrogens is 3. The first-order valence-electron chi connectivity index (χ1n) is 12.2. The van der Waals surface area contributed by atoms with Crippen LogP contribution in [0.1, 0.15) is 54.1 Å². The Kier molecular flexibility index (Phi) is 5.27. The third-order valence-corrected chi connectivity index (χ3v) is 7.79. The second-order valence-electron chi connectivity index (χ2n) is 9.95. The molecule has 1 aliphatic heterocycles.